The van der Waals surface area contributed by atoms with Crippen molar-refractivity contribution in [2.45, 2.75) is 58.2 Å². The second-order valence-corrected chi connectivity index (χ2v) is 14.5. The van der Waals surface area contributed by atoms with Crippen molar-refractivity contribution in [1.82, 2.24) is 19.4 Å². The first-order chi connectivity index (χ1) is 25.6. The molecule has 2 aromatic carbocycles. The second kappa shape index (κ2) is 14.8. The predicted molar refractivity (Wildman–Crippen MR) is 202 cm³/mol. The number of methoxy groups -OCH3 is 1. The highest BCUT2D eigenvalue weighted by Crippen LogP contribution is 2.47. The van der Waals surface area contributed by atoms with E-state index in [2.05, 4.69) is 11.6 Å². The summed E-state index contributed by atoms with van der Waals surface area (Å²) in [6.45, 7) is 11.7. The van der Waals surface area contributed by atoms with Gasteiger partial charge in [-0.25, -0.2) is 18.0 Å². The number of piperazine rings is 1. The van der Waals surface area contributed by atoms with E-state index in [1.807, 2.05) is 32.8 Å². The molecule has 4 aromatic rings. The van der Waals surface area contributed by atoms with Gasteiger partial charge in [-0.3, -0.25) is 19.1 Å². The van der Waals surface area contributed by atoms with Gasteiger partial charge >= 0.3 is 5.97 Å². The summed E-state index contributed by atoms with van der Waals surface area (Å²) in [5.74, 6) is -5.50. The molecule has 11 nitrogen and oxygen atoms in total. The van der Waals surface area contributed by atoms with Gasteiger partial charge in [-0.15, -0.1) is 0 Å². The predicted octanol–water partition coefficient (Wildman–Crippen LogP) is 5.51. The van der Waals surface area contributed by atoms with Crippen LogP contribution in [0, 0.1) is 24.4 Å². The fraction of sp³-hybridized carbons (Fsp3) is 0.400. The first kappa shape index (κ1) is 38.4. The molecule has 286 valence electrons. The lowest BCUT2D eigenvalue weighted by atomic mass is 9.90. The number of halogens is 3. The van der Waals surface area contributed by atoms with Crippen LogP contribution in [0.4, 0.5) is 24.5 Å². The summed E-state index contributed by atoms with van der Waals surface area (Å²) in [7, 11) is 5.02. The van der Waals surface area contributed by atoms with Crippen LogP contribution < -0.4 is 15.4 Å². The SMILES string of the molecule is C=CC(=O)N1CC2C(C(=O)OC)N(CCCN(C)C)c3c(c4cc(F)c(-c5c(O)cccc5F)c(F)c4n(-c4c(C)ccnc4C(C)C)c3=O)N2CC1C. The number of hydrogen-bond donors (Lipinski definition) is 1. The molecule has 2 aromatic heterocycles. The van der Waals surface area contributed by atoms with Crippen LogP contribution in [0.15, 0.2) is 54.0 Å². The number of phenols is 1. The Balaban J connectivity index is 1.83. The van der Waals surface area contributed by atoms with E-state index >= 15 is 18.0 Å². The minimum Gasteiger partial charge on any atom is -0.507 e. The average molecular weight is 747 g/mol. The van der Waals surface area contributed by atoms with Crippen LogP contribution in [-0.2, 0) is 14.3 Å². The highest BCUT2D eigenvalue weighted by molar-refractivity contribution is 6.05. The van der Waals surface area contributed by atoms with Crippen LogP contribution in [0.5, 0.6) is 5.75 Å². The van der Waals surface area contributed by atoms with Crippen LogP contribution in [0.1, 0.15) is 44.4 Å². The molecule has 0 bridgehead atoms. The van der Waals surface area contributed by atoms with Crippen molar-refractivity contribution in [2.75, 3.05) is 57.2 Å². The zero-order chi connectivity index (χ0) is 39.3. The number of phenolic OH excluding ortho intramolecular Hbond substituents is 1. The van der Waals surface area contributed by atoms with Crippen molar-refractivity contribution in [3.63, 3.8) is 0 Å². The number of aryl methyl sites for hydroxylation is 1. The molecule has 3 unspecified atom stereocenters. The Hall–Kier alpha value is -5.37. The van der Waals surface area contributed by atoms with E-state index < -0.39 is 64.0 Å². The Morgan fingerprint density at radius 1 is 1.09 bits per heavy atom. The minimum atomic E-state index is -1.28. The number of anilines is 2. The van der Waals surface area contributed by atoms with Crippen LogP contribution in [0.3, 0.4) is 0 Å². The molecule has 1 saturated heterocycles. The van der Waals surface area contributed by atoms with E-state index in [-0.39, 0.29) is 59.4 Å². The van der Waals surface area contributed by atoms with Gasteiger partial charge < -0.3 is 29.4 Å². The summed E-state index contributed by atoms with van der Waals surface area (Å²) in [5, 5.41) is 10.7. The zero-order valence-electron chi connectivity index (χ0n) is 31.5. The Bertz CT molecular complexity index is 2200. The standard InChI is InChI=1S/C40H45F3N6O5/c1-9-29(51)47-20-27-37(40(53)54-8)46(17-11-16-45(6)7)38-36(48(27)19-23(47)5)24-18-26(42)31(30-25(41)12-10-13-28(30)50)32(43)35(24)49(39(38)52)34-22(4)14-15-44-33(34)21(2)3/h9-10,12-15,18,21,23,27,37,50H,1,11,16-17,19-20H2,2-8H3. The molecule has 0 spiro atoms. The molecule has 1 fully saturated rings. The highest BCUT2D eigenvalue weighted by Gasteiger charge is 2.50. The van der Waals surface area contributed by atoms with Crippen molar-refractivity contribution in [2.24, 2.45) is 0 Å². The number of ether oxygens (including phenoxy) is 1. The lowest BCUT2D eigenvalue weighted by Gasteiger charge is -2.54. The number of rotatable bonds is 9. The third kappa shape index (κ3) is 6.25. The number of carbonyl (C=O) groups excluding carboxylic acids is 2. The number of esters is 1. The molecule has 2 aliphatic rings. The fourth-order valence-corrected chi connectivity index (χ4v) is 7.99. The monoisotopic (exact) mass is 746 g/mol. The van der Waals surface area contributed by atoms with E-state index in [0.717, 1.165) is 22.8 Å². The average Bonchev–Trinajstić information content (AvgIpc) is 3.12. The summed E-state index contributed by atoms with van der Waals surface area (Å²) in [6.07, 6.45) is 3.24. The molecule has 0 aliphatic carbocycles. The van der Waals surface area contributed by atoms with E-state index in [4.69, 9.17) is 4.74 Å². The number of amides is 1. The lowest BCUT2D eigenvalue weighted by molar-refractivity contribution is -0.144. The highest BCUT2D eigenvalue weighted by atomic mass is 19.1. The van der Waals surface area contributed by atoms with Crippen molar-refractivity contribution in [3.05, 3.63) is 88.2 Å². The number of aromatic hydroxyl groups is 1. The number of pyridine rings is 2. The van der Waals surface area contributed by atoms with Crippen LogP contribution in [-0.4, -0.2) is 102 Å². The van der Waals surface area contributed by atoms with Gasteiger partial charge in [-0.2, -0.15) is 0 Å². The molecule has 0 radical (unpaired) electrons. The Labute approximate surface area is 311 Å². The molecular formula is C40H45F3N6O5. The molecule has 14 heteroatoms. The topological polar surface area (TPSA) is 111 Å². The summed E-state index contributed by atoms with van der Waals surface area (Å²) in [5.41, 5.74) is -1.21. The van der Waals surface area contributed by atoms with E-state index in [1.54, 1.807) is 40.8 Å². The molecule has 1 amide bonds. The molecule has 54 heavy (non-hydrogen) atoms. The van der Waals surface area contributed by atoms with Gasteiger partial charge in [0.05, 0.1) is 46.9 Å². The summed E-state index contributed by atoms with van der Waals surface area (Å²) < 4.78 is 56.2. The first-order valence-electron chi connectivity index (χ1n) is 17.9. The van der Waals surface area contributed by atoms with Crippen molar-refractivity contribution in [3.8, 4) is 22.6 Å². The summed E-state index contributed by atoms with van der Waals surface area (Å²) in [4.78, 5) is 54.1. The van der Waals surface area contributed by atoms with E-state index in [9.17, 15) is 14.7 Å². The normalized spacial score (nSPS) is 18.3. The van der Waals surface area contributed by atoms with Gasteiger partial charge in [-0.1, -0.05) is 26.5 Å². The smallest absolute Gasteiger partial charge is 0.330 e. The van der Waals surface area contributed by atoms with Crippen molar-refractivity contribution < 1.29 is 32.6 Å². The third-order valence-corrected chi connectivity index (χ3v) is 10.4. The second-order valence-electron chi connectivity index (χ2n) is 14.5. The van der Waals surface area contributed by atoms with E-state index in [1.165, 1.54) is 19.3 Å². The number of nitrogens with zero attached hydrogens (tertiary/aromatic N) is 6. The van der Waals surface area contributed by atoms with Crippen molar-refractivity contribution >= 4 is 34.2 Å². The number of benzene rings is 2. The maximum absolute atomic E-state index is 17.6. The number of carbonyl (C=O) groups is 2. The third-order valence-electron chi connectivity index (χ3n) is 10.4. The number of hydrogen-bond acceptors (Lipinski definition) is 9. The first-order valence-corrected chi connectivity index (χ1v) is 17.9. The molecule has 4 heterocycles. The number of aromatic nitrogens is 2. The molecule has 1 N–H and O–H groups in total. The van der Waals surface area contributed by atoms with Gasteiger partial charge in [0.1, 0.15) is 29.1 Å². The van der Waals surface area contributed by atoms with Gasteiger partial charge in [0.15, 0.2) is 5.82 Å². The maximum atomic E-state index is 17.6. The van der Waals surface area contributed by atoms with Crippen molar-refractivity contribution in [1.29, 1.82) is 0 Å². The van der Waals surface area contributed by atoms with Crippen LogP contribution in [0.25, 0.3) is 27.7 Å². The quantitative estimate of drug-likeness (QED) is 0.175. The molecule has 3 atom stereocenters. The van der Waals surface area contributed by atoms with E-state index in [0.29, 0.717) is 24.2 Å². The molecule has 2 aliphatic heterocycles. The van der Waals surface area contributed by atoms with Gasteiger partial charge in [0.25, 0.3) is 5.56 Å². The molecule has 0 saturated carbocycles. The zero-order valence-corrected chi connectivity index (χ0v) is 31.5. The Morgan fingerprint density at radius 3 is 2.44 bits per heavy atom. The Kier molecular flexibility index (Phi) is 10.5. The summed E-state index contributed by atoms with van der Waals surface area (Å²) >= 11 is 0. The van der Waals surface area contributed by atoms with Gasteiger partial charge in [-0.05, 0) is 82.7 Å². The summed E-state index contributed by atoms with van der Waals surface area (Å²) in [6, 6.07) is 3.63. The minimum absolute atomic E-state index is 0.00530. The molecule has 6 rings (SSSR count). The lowest BCUT2D eigenvalue weighted by Crippen LogP contribution is -2.70. The molecular weight excluding hydrogens is 701 g/mol. The van der Waals surface area contributed by atoms with Gasteiger partial charge in [0, 0.05) is 37.3 Å². The Morgan fingerprint density at radius 2 is 1.81 bits per heavy atom. The van der Waals surface area contributed by atoms with Crippen LogP contribution in [0.2, 0.25) is 0 Å². The largest absolute Gasteiger partial charge is 0.507 e. The number of fused-ring (bicyclic) bond motifs is 5. The maximum Gasteiger partial charge on any atom is 0.330 e. The van der Waals surface area contributed by atoms with Crippen LogP contribution >= 0.6 is 0 Å². The fourth-order valence-electron chi connectivity index (χ4n) is 7.99. The van der Waals surface area contributed by atoms with Gasteiger partial charge in [0.2, 0.25) is 5.91 Å².